The standard InChI is InChI=1S/C15H24N2O3S/c1-4-5-6-9-16-15(18)11-17-21(19,20)14-10-12(2)7-8-13(14)3/h7-8,10,17H,4-6,9,11H2,1-3H3,(H,16,18). The van der Waals surface area contributed by atoms with E-state index in [9.17, 15) is 13.2 Å². The van der Waals surface area contributed by atoms with Crippen LogP contribution in [-0.2, 0) is 14.8 Å². The molecule has 0 unspecified atom stereocenters. The van der Waals surface area contributed by atoms with Crippen molar-refractivity contribution >= 4 is 15.9 Å². The molecule has 0 radical (unpaired) electrons. The number of nitrogens with one attached hydrogen (secondary N) is 2. The van der Waals surface area contributed by atoms with E-state index in [1.807, 2.05) is 13.0 Å². The van der Waals surface area contributed by atoms with Crippen LogP contribution in [0.5, 0.6) is 0 Å². The van der Waals surface area contributed by atoms with Crippen molar-refractivity contribution in [2.75, 3.05) is 13.1 Å². The molecule has 0 aromatic heterocycles. The van der Waals surface area contributed by atoms with E-state index in [0.29, 0.717) is 12.1 Å². The minimum absolute atomic E-state index is 0.223. The second-order valence-corrected chi connectivity index (χ2v) is 6.89. The molecule has 1 aromatic carbocycles. The fraction of sp³-hybridized carbons (Fsp3) is 0.533. The second-order valence-electron chi connectivity index (χ2n) is 5.15. The third-order valence-corrected chi connectivity index (χ3v) is 4.70. The molecule has 21 heavy (non-hydrogen) atoms. The molecule has 6 heteroatoms. The summed E-state index contributed by atoms with van der Waals surface area (Å²) in [5.74, 6) is -0.306. The average Bonchev–Trinajstić information content (AvgIpc) is 2.44. The van der Waals surface area contributed by atoms with Gasteiger partial charge in [-0.25, -0.2) is 13.1 Å². The molecule has 0 aliphatic heterocycles. The van der Waals surface area contributed by atoms with Gasteiger partial charge in [0, 0.05) is 6.54 Å². The molecular formula is C15H24N2O3S. The molecule has 0 fully saturated rings. The molecule has 0 bridgehead atoms. The molecule has 2 N–H and O–H groups in total. The van der Waals surface area contributed by atoms with Crippen LogP contribution in [0, 0.1) is 13.8 Å². The number of benzene rings is 1. The first-order valence-corrected chi connectivity index (χ1v) is 8.68. The van der Waals surface area contributed by atoms with E-state index in [4.69, 9.17) is 0 Å². The maximum atomic E-state index is 12.2. The predicted molar refractivity (Wildman–Crippen MR) is 83.6 cm³/mol. The van der Waals surface area contributed by atoms with Gasteiger partial charge in [-0.15, -0.1) is 0 Å². The second kappa shape index (κ2) is 8.14. The molecule has 0 saturated carbocycles. The summed E-state index contributed by atoms with van der Waals surface area (Å²) in [7, 11) is -3.65. The zero-order valence-corrected chi connectivity index (χ0v) is 13.7. The van der Waals surface area contributed by atoms with Gasteiger partial charge in [0.15, 0.2) is 0 Å². The van der Waals surface area contributed by atoms with Gasteiger partial charge in [-0.05, 0) is 37.5 Å². The number of amides is 1. The number of carbonyl (C=O) groups is 1. The maximum absolute atomic E-state index is 12.2. The van der Waals surface area contributed by atoms with Crippen LogP contribution in [0.25, 0.3) is 0 Å². The Morgan fingerprint density at radius 1 is 1.19 bits per heavy atom. The van der Waals surface area contributed by atoms with E-state index >= 15 is 0 Å². The Bertz CT molecular complexity index is 583. The van der Waals surface area contributed by atoms with Crippen molar-refractivity contribution < 1.29 is 13.2 Å². The van der Waals surface area contributed by atoms with Crippen molar-refractivity contribution in [3.63, 3.8) is 0 Å². The lowest BCUT2D eigenvalue weighted by molar-refractivity contribution is -0.119. The molecule has 0 atom stereocenters. The summed E-state index contributed by atoms with van der Waals surface area (Å²) in [6, 6.07) is 5.22. The number of hydrogen-bond donors (Lipinski definition) is 2. The largest absolute Gasteiger partial charge is 0.355 e. The SMILES string of the molecule is CCCCCNC(=O)CNS(=O)(=O)c1cc(C)ccc1C. The summed E-state index contributed by atoms with van der Waals surface area (Å²) in [4.78, 5) is 11.8. The summed E-state index contributed by atoms with van der Waals surface area (Å²) in [5, 5.41) is 2.70. The highest BCUT2D eigenvalue weighted by molar-refractivity contribution is 7.89. The van der Waals surface area contributed by atoms with Gasteiger partial charge in [-0.3, -0.25) is 4.79 Å². The van der Waals surface area contributed by atoms with Crippen molar-refractivity contribution in [2.45, 2.75) is 44.9 Å². The number of unbranched alkanes of at least 4 members (excludes halogenated alkanes) is 2. The monoisotopic (exact) mass is 312 g/mol. The molecule has 0 heterocycles. The number of rotatable bonds is 8. The summed E-state index contributed by atoms with van der Waals surface area (Å²) >= 11 is 0. The maximum Gasteiger partial charge on any atom is 0.241 e. The quantitative estimate of drug-likeness (QED) is 0.720. The highest BCUT2D eigenvalue weighted by Gasteiger charge is 2.17. The van der Waals surface area contributed by atoms with E-state index in [2.05, 4.69) is 17.0 Å². The van der Waals surface area contributed by atoms with Crippen LogP contribution >= 0.6 is 0 Å². The fourth-order valence-electron chi connectivity index (χ4n) is 1.90. The van der Waals surface area contributed by atoms with Crippen molar-refractivity contribution in [2.24, 2.45) is 0 Å². The highest BCUT2D eigenvalue weighted by atomic mass is 32.2. The Balaban J connectivity index is 2.57. The summed E-state index contributed by atoms with van der Waals surface area (Å²) in [6.45, 7) is 6.00. The van der Waals surface area contributed by atoms with Gasteiger partial charge in [0.25, 0.3) is 0 Å². The van der Waals surface area contributed by atoms with Crippen LogP contribution in [0.15, 0.2) is 23.1 Å². The minimum atomic E-state index is -3.65. The van der Waals surface area contributed by atoms with E-state index in [1.165, 1.54) is 0 Å². The van der Waals surface area contributed by atoms with E-state index in [-0.39, 0.29) is 17.3 Å². The lowest BCUT2D eigenvalue weighted by atomic mass is 10.2. The number of sulfonamides is 1. The van der Waals surface area contributed by atoms with E-state index < -0.39 is 10.0 Å². The lowest BCUT2D eigenvalue weighted by Crippen LogP contribution is -2.37. The van der Waals surface area contributed by atoms with E-state index in [0.717, 1.165) is 24.8 Å². The zero-order valence-electron chi connectivity index (χ0n) is 12.9. The van der Waals surface area contributed by atoms with E-state index in [1.54, 1.807) is 19.1 Å². The zero-order chi connectivity index (χ0) is 15.9. The average molecular weight is 312 g/mol. The van der Waals surface area contributed by atoms with Gasteiger partial charge >= 0.3 is 0 Å². The number of carbonyl (C=O) groups excluding carboxylic acids is 1. The molecule has 0 saturated heterocycles. The summed E-state index contributed by atoms with van der Waals surface area (Å²) in [6.07, 6.45) is 3.04. The third kappa shape index (κ3) is 5.85. The smallest absolute Gasteiger partial charge is 0.241 e. The van der Waals surface area contributed by atoms with Gasteiger partial charge in [0.2, 0.25) is 15.9 Å². The first-order chi connectivity index (χ1) is 9.86. The van der Waals surface area contributed by atoms with Crippen LogP contribution in [0.3, 0.4) is 0 Å². The summed E-state index contributed by atoms with van der Waals surface area (Å²) < 4.78 is 26.7. The first-order valence-electron chi connectivity index (χ1n) is 7.20. The minimum Gasteiger partial charge on any atom is -0.355 e. The van der Waals surface area contributed by atoms with Gasteiger partial charge < -0.3 is 5.32 Å². The van der Waals surface area contributed by atoms with Crippen LogP contribution in [-0.4, -0.2) is 27.4 Å². The molecule has 0 spiro atoms. The van der Waals surface area contributed by atoms with Crippen molar-refractivity contribution in [1.29, 1.82) is 0 Å². The van der Waals surface area contributed by atoms with Crippen molar-refractivity contribution in [3.05, 3.63) is 29.3 Å². The highest BCUT2D eigenvalue weighted by Crippen LogP contribution is 2.16. The van der Waals surface area contributed by atoms with Crippen molar-refractivity contribution in [3.8, 4) is 0 Å². The molecule has 5 nitrogen and oxygen atoms in total. The normalized spacial score (nSPS) is 11.4. The van der Waals surface area contributed by atoms with Crippen LogP contribution < -0.4 is 10.0 Å². The molecule has 118 valence electrons. The van der Waals surface area contributed by atoms with Gasteiger partial charge in [0.1, 0.15) is 0 Å². The van der Waals surface area contributed by atoms with Crippen LogP contribution in [0.1, 0.15) is 37.3 Å². The Kier molecular flexibility index (Phi) is 6.84. The predicted octanol–water partition coefficient (Wildman–Crippen LogP) is 1.89. The third-order valence-electron chi connectivity index (χ3n) is 3.16. The Morgan fingerprint density at radius 3 is 2.57 bits per heavy atom. The Hall–Kier alpha value is -1.40. The topological polar surface area (TPSA) is 75.3 Å². The summed E-state index contributed by atoms with van der Waals surface area (Å²) in [5.41, 5.74) is 1.53. The van der Waals surface area contributed by atoms with Crippen LogP contribution in [0.4, 0.5) is 0 Å². The number of hydrogen-bond acceptors (Lipinski definition) is 3. The Morgan fingerprint density at radius 2 is 1.90 bits per heavy atom. The number of aryl methyl sites for hydroxylation is 2. The molecule has 1 rings (SSSR count). The molecule has 0 aliphatic rings. The first kappa shape index (κ1) is 17.7. The Labute approximate surface area is 127 Å². The molecule has 0 aliphatic carbocycles. The fourth-order valence-corrected chi connectivity index (χ4v) is 3.21. The molecule has 1 aromatic rings. The molecule has 1 amide bonds. The van der Waals surface area contributed by atoms with Gasteiger partial charge in [-0.2, -0.15) is 0 Å². The van der Waals surface area contributed by atoms with Crippen molar-refractivity contribution in [1.82, 2.24) is 10.0 Å². The van der Waals surface area contributed by atoms with Gasteiger partial charge in [0.05, 0.1) is 11.4 Å². The van der Waals surface area contributed by atoms with Gasteiger partial charge in [-0.1, -0.05) is 31.9 Å². The molecular weight excluding hydrogens is 288 g/mol. The van der Waals surface area contributed by atoms with Crippen LogP contribution in [0.2, 0.25) is 0 Å². The lowest BCUT2D eigenvalue weighted by Gasteiger charge is -2.10.